The first kappa shape index (κ1) is 22.4. The van der Waals surface area contributed by atoms with Gasteiger partial charge in [0.2, 0.25) is 0 Å². The van der Waals surface area contributed by atoms with E-state index in [9.17, 15) is 13.2 Å². The van der Waals surface area contributed by atoms with Crippen molar-refractivity contribution in [2.24, 2.45) is 4.99 Å². The Kier molecular flexibility index (Phi) is 6.93. The number of ether oxygens (including phenoxy) is 1. The average Bonchev–Trinajstić information content (AvgIpc) is 2.88. The molecule has 0 unspecified atom stereocenters. The zero-order valence-corrected chi connectivity index (χ0v) is 17.6. The molecule has 8 heteroatoms. The van der Waals surface area contributed by atoms with Crippen LogP contribution in [0, 0.1) is 0 Å². The molecule has 4 rings (SSSR count). The first-order valence-electron chi connectivity index (χ1n) is 10.0. The lowest BCUT2D eigenvalue weighted by Gasteiger charge is -2.36. The monoisotopic (exact) mass is 439 g/mol. The van der Waals surface area contributed by atoms with Gasteiger partial charge in [-0.3, -0.25) is 4.90 Å². The lowest BCUT2D eigenvalue weighted by Crippen LogP contribution is -2.49. The number of piperazine rings is 1. The maximum absolute atomic E-state index is 13.6. The summed E-state index contributed by atoms with van der Waals surface area (Å²) >= 11 is 0. The summed E-state index contributed by atoms with van der Waals surface area (Å²) in [6.07, 6.45) is -2.20. The molecule has 0 atom stereocenters. The Morgan fingerprint density at radius 1 is 0.967 bits per heavy atom. The molecule has 2 heterocycles. The number of aliphatic imine (C=N–C) groups is 1. The van der Waals surface area contributed by atoms with Gasteiger partial charge < -0.3 is 9.64 Å². The third kappa shape index (κ3) is 4.57. The van der Waals surface area contributed by atoms with Crippen molar-refractivity contribution in [1.29, 1.82) is 0 Å². The summed E-state index contributed by atoms with van der Waals surface area (Å²) in [7, 11) is 0. The zero-order chi connectivity index (χ0) is 20.4. The van der Waals surface area contributed by atoms with E-state index in [1.54, 1.807) is 6.07 Å². The van der Waals surface area contributed by atoms with Crippen LogP contribution in [0.2, 0.25) is 0 Å². The number of nitrogens with zero attached hydrogens (tertiary/aromatic N) is 3. The smallest absolute Gasteiger partial charge is 0.418 e. The standard InChI is InChI=1S/C22H24F3N3O.ClH/c1-2-3-11-27-12-14-28(15-13-27)21-16-7-4-5-9-18(16)29-19-10-6-8-17(20(19)26-21)22(23,24)25;/h4-10H,2-3,11-15H2,1H3;1H. The van der Waals surface area contributed by atoms with Gasteiger partial charge in [0.1, 0.15) is 17.3 Å². The minimum absolute atomic E-state index is 0. The maximum atomic E-state index is 13.6. The maximum Gasteiger partial charge on any atom is 0.418 e. The molecule has 2 aliphatic heterocycles. The van der Waals surface area contributed by atoms with Gasteiger partial charge in [0.25, 0.3) is 0 Å². The van der Waals surface area contributed by atoms with Crippen molar-refractivity contribution in [2.45, 2.75) is 25.9 Å². The fourth-order valence-corrected chi connectivity index (χ4v) is 3.78. The van der Waals surface area contributed by atoms with E-state index in [2.05, 4.69) is 21.7 Å². The molecule has 1 fully saturated rings. The molecule has 0 spiro atoms. The molecule has 0 radical (unpaired) electrons. The van der Waals surface area contributed by atoms with E-state index in [0.717, 1.165) is 57.2 Å². The van der Waals surface area contributed by atoms with Crippen molar-refractivity contribution in [3.8, 4) is 11.5 Å². The molecule has 30 heavy (non-hydrogen) atoms. The predicted octanol–water partition coefficient (Wildman–Crippen LogP) is 5.73. The SMILES string of the molecule is CCCCN1CCN(C2=Nc3c(cccc3C(F)(F)F)Oc3ccccc32)CC1.Cl. The molecular weight excluding hydrogens is 415 g/mol. The van der Waals surface area contributed by atoms with E-state index in [4.69, 9.17) is 4.74 Å². The first-order chi connectivity index (χ1) is 14.0. The fourth-order valence-electron chi connectivity index (χ4n) is 3.78. The number of halogens is 4. The number of fused-ring (bicyclic) bond motifs is 2. The lowest BCUT2D eigenvalue weighted by molar-refractivity contribution is -0.137. The quantitative estimate of drug-likeness (QED) is 0.611. The number of amidine groups is 1. The van der Waals surface area contributed by atoms with Crippen molar-refractivity contribution in [3.05, 3.63) is 53.6 Å². The summed E-state index contributed by atoms with van der Waals surface area (Å²) in [6.45, 7) is 6.41. The van der Waals surface area contributed by atoms with Crippen LogP contribution in [-0.4, -0.2) is 48.4 Å². The molecule has 2 aliphatic rings. The highest BCUT2D eigenvalue weighted by atomic mass is 35.5. The first-order valence-corrected chi connectivity index (χ1v) is 10.0. The summed E-state index contributed by atoms with van der Waals surface area (Å²) < 4.78 is 46.8. The van der Waals surface area contributed by atoms with Crippen LogP contribution in [0.25, 0.3) is 0 Å². The average molecular weight is 440 g/mol. The van der Waals surface area contributed by atoms with E-state index in [-0.39, 0.29) is 23.8 Å². The van der Waals surface area contributed by atoms with Gasteiger partial charge in [0, 0.05) is 26.2 Å². The molecule has 2 aromatic rings. The number of hydrogen-bond acceptors (Lipinski definition) is 4. The Hall–Kier alpha value is -2.25. The van der Waals surface area contributed by atoms with E-state index in [0.29, 0.717) is 11.6 Å². The predicted molar refractivity (Wildman–Crippen MR) is 114 cm³/mol. The van der Waals surface area contributed by atoms with Gasteiger partial charge in [0.05, 0.1) is 11.1 Å². The second-order valence-corrected chi connectivity index (χ2v) is 7.37. The second kappa shape index (κ2) is 9.27. The number of benzene rings is 2. The second-order valence-electron chi connectivity index (χ2n) is 7.37. The molecule has 162 valence electrons. The van der Waals surface area contributed by atoms with E-state index in [1.807, 2.05) is 18.2 Å². The number of hydrogen-bond donors (Lipinski definition) is 0. The van der Waals surface area contributed by atoms with Crippen LogP contribution in [0.4, 0.5) is 18.9 Å². The molecular formula is C22H25ClF3N3O. The third-order valence-electron chi connectivity index (χ3n) is 5.37. The topological polar surface area (TPSA) is 28.1 Å². The molecule has 0 amide bonds. The van der Waals surface area contributed by atoms with Crippen LogP contribution in [-0.2, 0) is 6.18 Å². The number of para-hydroxylation sites is 2. The highest BCUT2D eigenvalue weighted by Crippen LogP contribution is 2.45. The summed E-state index contributed by atoms with van der Waals surface area (Å²) in [5.41, 5.74) is -0.208. The van der Waals surface area contributed by atoms with Crippen LogP contribution < -0.4 is 4.74 Å². The van der Waals surface area contributed by atoms with Crippen molar-refractivity contribution in [2.75, 3.05) is 32.7 Å². The third-order valence-corrected chi connectivity index (χ3v) is 5.37. The Morgan fingerprint density at radius 2 is 1.67 bits per heavy atom. The molecule has 0 aliphatic carbocycles. The fraction of sp³-hybridized carbons (Fsp3) is 0.409. The van der Waals surface area contributed by atoms with Gasteiger partial charge in [-0.1, -0.05) is 31.5 Å². The van der Waals surface area contributed by atoms with Crippen LogP contribution in [0.1, 0.15) is 30.9 Å². The lowest BCUT2D eigenvalue weighted by atomic mass is 10.1. The molecule has 1 saturated heterocycles. The van der Waals surface area contributed by atoms with Crippen molar-refractivity contribution in [3.63, 3.8) is 0 Å². The van der Waals surface area contributed by atoms with Crippen LogP contribution >= 0.6 is 12.4 Å². The molecule has 0 N–H and O–H groups in total. The van der Waals surface area contributed by atoms with Crippen LogP contribution in [0.15, 0.2) is 47.5 Å². The molecule has 2 aromatic carbocycles. The summed E-state index contributed by atoms with van der Waals surface area (Å²) in [4.78, 5) is 9.01. The van der Waals surface area contributed by atoms with Crippen molar-refractivity contribution >= 4 is 23.9 Å². The number of alkyl halides is 3. The summed E-state index contributed by atoms with van der Waals surface area (Å²) in [5, 5.41) is 0. The molecule has 4 nitrogen and oxygen atoms in total. The minimum Gasteiger partial charge on any atom is -0.454 e. The van der Waals surface area contributed by atoms with Crippen molar-refractivity contribution < 1.29 is 17.9 Å². The Labute approximate surface area is 180 Å². The number of rotatable bonds is 3. The van der Waals surface area contributed by atoms with Gasteiger partial charge in [-0.25, -0.2) is 4.99 Å². The molecule has 0 aromatic heterocycles. The number of unbranched alkanes of at least 4 members (excludes halogenated alkanes) is 1. The van der Waals surface area contributed by atoms with Gasteiger partial charge in [-0.05, 0) is 37.2 Å². The van der Waals surface area contributed by atoms with Gasteiger partial charge >= 0.3 is 6.18 Å². The van der Waals surface area contributed by atoms with Crippen LogP contribution in [0.5, 0.6) is 11.5 Å². The molecule has 0 bridgehead atoms. The van der Waals surface area contributed by atoms with Crippen molar-refractivity contribution in [1.82, 2.24) is 9.80 Å². The summed E-state index contributed by atoms with van der Waals surface area (Å²) in [5.74, 6) is 1.20. The zero-order valence-electron chi connectivity index (χ0n) is 16.8. The minimum atomic E-state index is -4.50. The normalized spacial score (nSPS) is 16.5. The van der Waals surface area contributed by atoms with Gasteiger partial charge in [-0.2, -0.15) is 13.2 Å². The Balaban J connectivity index is 0.00000256. The summed E-state index contributed by atoms with van der Waals surface area (Å²) in [6, 6.07) is 11.3. The Morgan fingerprint density at radius 3 is 2.37 bits per heavy atom. The Bertz CT molecular complexity index is 909. The van der Waals surface area contributed by atoms with E-state index in [1.165, 1.54) is 12.1 Å². The van der Waals surface area contributed by atoms with Gasteiger partial charge in [-0.15, -0.1) is 12.4 Å². The highest BCUT2D eigenvalue weighted by Gasteiger charge is 2.36. The van der Waals surface area contributed by atoms with E-state index < -0.39 is 11.7 Å². The van der Waals surface area contributed by atoms with Gasteiger partial charge in [0.15, 0.2) is 5.75 Å². The van der Waals surface area contributed by atoms with E-state index >= 15 is 0 Å². The molecule has 0 saturated carbocycles. The largest absolute Gasteiger partial charge is 0.454 e. The van der Waals surface area contributed by atoms with Crippen LogP contribution in [0.3, 0.4) is 0 Å². The highest BCUT2D eigenvalue weighted by molar-refractivity contribution is 6.04.